The maximum Gasteiger partial charge on any atom is 0.0841 e. The quantitative estimate of drug-likeness (QED) is 0.821. The van der Waals surface area contributed by atoms with Crippen LogP contribution in [0.4, 0.5) is 0 Å². The molecule has 0 aliphatic rings. The van der Waals surface area contributed by atoms with Gasteiger partial charge in [-0.2, -0.15) is 5.10 Å². The van der Waals surface area contributed by atoms with Gasteiger partial charge in [0.25, 0.3) is 0 Å². The van der Waals surface area contributed by atoms with Crippen LogP contribution in [0.5, 0.6) is 0 Å². The normalized spacial score (nSPS) is 13.0. The molecule has 0 saturated carbocycles. The summed E-state index contributed by atoms with van der Waals surface area (Å²) in [5.74, 6) is 0. The van der Waals surface area contributed by atoms with Crippen molar-refractivity contribution in [3.63, 3.8) is 0 Å². The molecule has 2 rings (SSSR count). The number of para-hydroxylation sites is 1. The second kappa shape index (κ2) is 6.71. The van der Waals surface area contributed by atoms with Crippen LogP contribution in [0.2, 0.25) is 0 Å². The van der Waals surface area contributed by atoms with Gasteiger partial charge >= 0.3 is 0 Å². The average molecular weight is 259 g/mol. The second-order valence-electron chi connectivity index (χ2n) is 5.05. The van der Waals surface area contributed by atoms with Crippen LogP contribution in [0.15, 0.2) is 24.3 Å². The zero-order chi connectivity index (χ0) is 13.7. The number of nitrogens with zero attached hydrogens (tertiary/aromatic N) is 2. The first-order valence-electron chi connectivity index (χ1n) is 7.47. The van der Waals surface area contributed by atoms with Crippen LogP contribution in [0.1, 0.15) is 45.7 Å². The first-order valence-corrected chi connectivity index (χ1v) is 7.47. The minimum Gasteiger partial charge on any atom is -0.308 e. The molecule has 1 N–H and O–H groups in total. The van der Waals surface area contributed by atoms with Gasteiger partial charge in [0.2, 0.25) is 0 Å². The first-order chi connectivity index (χ1) is 9.30. The number of aryl methyl sites for hydroxylation is 1. The van der Waals surface area contributed by atoms with Gasteiger partial charge in [-0.25, -0.2) is 0 Å². The molecule has 1 atom stereocenters. The minimum absolute atomic E-state index is 0.607. The van der Waals surface area contributed by atoms with Crippen LogP contribution in [0, 0.1) is 0 Å². The van der Waals surface area contributed by atoms with Gasteiger partial charge in [-0.05, 0) is 25.8 Å². The Morgan fingerprint density at radius 1 is 1.21 bits per heavy atom. The Morgan fingerprint density at radius 3 is 2.68 bits per heavy atom. The van der Waals surface area contributed by atoms with Crippen molar-refractivity contribution in [1.82, 2.24) is 15.1 Å². The predicted molar refractivity (Wildman–Crippen MR) is 81.2 cm³/mol. The molecule has 2 aromatic rings. The van der Waals surface area contributed by atoms with Crippen LogP contribution in [0.3, 0.4) is 0 Å². The number of benzene rings is 1. The van der Waals surface area contributed by atoms with E-state index in [1.54, 1.807) is 0 Å². The van der Waals surface area contributed by atoms with Crippen molar-refractivity contribution in [2.24, 2.45) is 0 Å². The van der Waals surface area contributed by atoms with Crippen LogP contribution >= 0.6 is 0 Å². The summed E-state index contributed by atoms with van der Waals surface area (Å²) in [5.41, 5.74) is 2.41. The van der Waals surface area contributed by atoms with Crippen molar-refractivity contribution >= 4 is 10.9 Å². The zero-order valence-electron chi connectivity index (χ0n) is 12.3. The Morgan fingerprint density at radius 2 is 2.00 bits per heavy atom. The van der Waals surface area contributed by atoms with Crippen molar-refractivity contribution in [3.8, 4) is 0 Å². The topological polar surface area (TPSA) is 29.9 Å². The summed E-state index contributed by atoms with van der Waals surface area (Å²) in [4.78, 5) is 0. The Balaban J connectivity index is 2.16. The van der Waals surface area contributed by atoms with Crippen molar-refractivity contribution in [2.45, 2.75) is 59.2 Å². The van der Waals surface area contributed by atoms with Crippen LogP contribution in [-0.2, 0) is 13.1 Å². The van der Waals surface area contributed by atoms with Crippen molar-refractivity contribution in [2.75, 3.05) is 0 Å². The Labute approximate surface area is 116 Å². The zero-order valence-corrected chi connectivity index (χ0v) is 12.3. The maximum atomic E-state index is 4.73. The molecule has 0 aliphatic heterocycles. The first kappa shape index (κ1) is 14.1. The van der Waals surface area contributed by atoms with Crippen LogP contribution in [0.25, 0.3) is 10.9 Å². The number of nitrogens with one attached hydrogen (secondary N) is 1. The third kappa shape index (κ3) is 3.16. The lowest BCUT2D eigenvalue weighted by molar-refractivity contribution is 0.458. The van der Waals surface area contributed by atoms with E-state index >= 15 is 0 Å². The molecule has 0 amide bonds. The Hall–Kier alpha value is -1.35. The molecular formula is C16H25N3. The van der Waals surface area contributed by atoms with Gasteiger partial charge < -0.3 is 5.32 Å². The van der Waals surface area contributed by atoms with E-state index < -0.39 is 0 Å². The van der Waals surface area contributed by atoms with Gasteiger partial charge in [-0.15, -0.1) is 0 Å². The van der Waals surface area contributed by atoms with Crippen LogP contribution < -0.4 is 5.32 Å². The summed E-state index contributed by atoms with van der Waals surface area (Å²) < 4.78 is 2.09. The molecule has 0 spiro atoms. The number of hydrogen-bond donors (Lipinski definition) is 1. The third-order valence-electron chi connectivity index (χ3n) is 3.72. The van der Waals surface area contributed by atoms with E-state index in [9.17, 15) is 0 Å². The van der Waals surface area contributed by atoms with E-state index in [0.29, 0.717) is 6.04 Å². The van der Waals surface area contributed by atoms with Crippen molar-refractivity contribution in [3.05, 3.63) is 30.0 Å². The molecule has 19 heavy (non-hydrogen) atoms. The SMILES string of the molecule is CCCC(CC)NCc1nn(CC)c2ccccc12. The number of rotatable bonds is 7. The van der Waals surface area contributed by atoms with E-state index in [2.05, 4.69) is 55.0 Å². The molecule has 0 saturated heterocycles. The van der Waals surface area contributed by atoms with Crippen molar-refractivity contribution in [1.29, 1.82) is 0 Å². The molecule has 1 unspecified atom stereocenters. The highest BCUT2D eigenvalue weighted by Crippen LogP contribution is 2.18. The van der Waals surface area contributed by atoms with Gasteiger partial charge in [0, 0.05) is 24.5 Å². The number of hydrogen-bond acceptors (Lipinski definition) is 2. The molecule has 1 heterocycles. The smallest absolute Gasteiger partial charge is 0.0841 e. The molecule has 3 nitrogen and oxygen atoms in total. The molecule has 1 aromatic heterocycles. The van der Waals surface area contributed by atoms with E-state index in [0.717, 1.165) is 13.1 Å². The fraction of sp³-hybridized carbons (Fsp3) is 0.562. The van der Waals surface area contributed by atoms with Crippen LogP contribution in [-0.4, -0.2) is 15.8 Å². The van der Waals surface area contributed by atoms with Gasteiger partial charge in [0.05, 0.1) is 11.2 Å². The highest BCUT2D eigenvalue weighted by atomic mass is 15.3. The highest BCUT2D eigenvalue weighted by molar-refractivity contribution is 5.81. The monoisotopic (exact) mass is 259 g/mol. The van der Waals surface area contributed by atoms with E-state index in [1.165, 1.54) is 35.9 Å². The molecule has 0 bridgehead atoms. The summed E-state index contributed by atoms with van der Waals surface area (Å²) >= 11 is 0. The molecule has 104 valence electrons. The largest absolute Gasteiger partial charge is 0.308 e. The van der Waals surface area contributed by atoms with Gasteiger partial charge in [0.1, 0.15) is 0 Å². The lowest BCUT2D eigenvalue weighted by Gasteiger charge is -2.15. The van der Waals surface area contributed by atoms with Gasteiger partial charge in [-0.3, -0.25) is 4.68 Å². The fourth-order valence-corrected chi connectivity index (χ4v) is 2.61. The molecule has 0 fully saturated rings. The number of aromatic nitrogens is 2. The highest BCUT2D eigenvalue weighted by Gasteiger charge is 2.10. The standard InChI is InChI=1S/C16H25N3/c1-4-9-13(5-2)17-12-15-14-10-7-8-11-16(14)19(6-3)18-15/h7-8,10-11,13,17H,4-6,9,12H2,1-3H3. The fourth-order valence-electron chi connectivity index (χ4n) is 2.61. The summed E-state index contributed by atoms with van der Waals surface area (Å²) in [5, 5.41) is 9.65. The summed E-state index contributed by atoms with van der Waals surface area (Å²) in [6.07, 6.45) is 3.65. The molecule has 0 radical (unpaired) electrons. The Bertz CT molecular complexity index is 516. The van der Waals surface area contributed by atoms with E-state index in [4.69, 9.17) is 5.10 Å². The molecule has 3 heteroatoms. The Kier molecular flexibility index (Phi) is 4.97. The summed E-state index contributed by atoms with van der Waals surface area (Å²) in [7, 11) is 0. The third-order valence-corrected chi connectivity index (χ3v) is 3.72. The summed E-state index contributed by atoms with van der Waals surface area (Å²) in [6.45, 7) is 8.42. The van der Waals surface area contributed by atoms with Gasteiger partial charge in [0.15, 0.2) is 0 Å². The van der Waals surface area contributed by atoms with Gasteiger partial charge in [-0.1, -0.05) is 38.5 Å². The lowest BCUT2D eigenvalue weighted by Crippen LogP contribution is -2.27. The average Bonchev–Trinajstić information content (AvgIpc) is 2.82. The van der Waals surface area contributed by atoms with Crippen molar-refractivity contribution < 1.29 is 0 Å². The summed E-state index contributed by atoms with van der Waals surface area (Å²) in [6, 6.07) is 9.11. The second-order valence-corrected chi connectivity index (χ2v) is 5.05. The maximum absolute atomic E-state index is 4.73. The lowest BCUT2D eigenvalue weighted by atomic mass is 10.1. The van der Waals surface area contributed by atoms with E-state index in [1.807, 2.05) is 0 Å². The minimum atomic E-state index is 0.607. The van der Waals surface area contributed by atoms with E-state index in [-0.39, 0.29) is 0 Å². The molecular weight excluding hydrogens is 234 g/mol. The number of fused-ring (bicyclic) bond motifs is 1. The molecule has 0 aliphatic carbocycles. The molecule has 1 aromatic carbocycles. The predicted octanol–water partition coefficient (Wildman–Crippen LogP) is 3.72.